The maximum Gasteiger partial charge on any atom is 0.296 e. The summed E-state index contributed by atoms with van der Waals surface area (Å²) < 4.78 is 7.00. The highest BCUT2D eigenvalue weighted by molar-refractivity contribution is 5.94. The van der Waals surface area contributed by atoms with Gasteiger partial charge in [0.2, 0.25) is 5.75 Å². The summed E-state index contributed by atoms with van der Waals surface area (Å²) in [6, 6.07) is 7.70. The van der Waals surface area contributed by atoms with Gasteiger partial charge in [0.05, 0.1) is 13.2 Å². The minimum Gasteiger partial charge on any atom is -0.501 e. The number of ether oxygens (including phenoxy) is 1. The van der Waals surface area contributed by atoms with E-state index >= 15 is 0 Å². The zero-order chi connectivity index (χ0) is 19.8. The molecule has 1 aromatic heterocycles. The lowest BCUT2D eigenvalue weighted by atomic mass is 10.1. The molecule has 0 atom stereocenters. The van der Waals surface area contributed by atoms with Gasteiger partial charge < -0.3 is 20.1 Å². The van der Waals surface area contributed by atoms with E-state index in [0.717, 1.165) is 11.3 Å². The van der Waals surface area contributed by atoms with Crippen molar-refractivity contribution < 1.29 is 14.6 Å². The largest absolute Gasteiger partial charge is 0.501 e. The van der Waals surface area contributed by atoms with E-state index in [9.17, 15) is 14.7 Å². The van der Waals surface area contributed by atoms with Crippen LogP contribution in [0.15, 0.2) is 29.1 Å². The minimum absolute atomic E-state index is 0.256. The summed E-state index contributed by atoms with van der Waals surface area (Å²) in [6.45, 7) is 4.44. The molecular formula is C19H24N4O4. The molecule has 1 amide bonds. The Balaban J connectivity index is 1.83. The first-order valence-electron chi connectivity index (χ1n) is 8.73. The molecule has 0 bridgehead atoms. The summed E-state index contributed by atoms with van der Waals surface area (Å²) >= 11 is 0. The second-order valence-corrected chi connectivity index (χ2v) is 7.19. The number of rotatable bonds is 4. The van der Waals surface area contributed by atoms with Crippen LogP contribution in [-0.4, -0.2) is 41.3 Å². The van der Waals surface area contributed by atoms with E-state index in [1.807, 2.05) is 43.3 Å². The van der Waals surface area contributed by atoms with E-state index in [-0.39, 0.29) is 18.8 Å². The van der Waals surface area contributed by atoms with Crippen molar-refractivity contribution in [1.29, 1.82) is 0 Å². The summed E-state index contributed by atoms with van der Waals surface area (Å²) in [6.07, 6.45) is 0. The molecule has 8 nitrogen and oxygen atoms in total. The molecule has 0 saturated carbocycles. The van der Waals surface area contributed by atoms with Crippen LogP contribution in [-0.2, 0) is 23.4 Å². The van der Waals surface area contributed by atoms with Crippen LogP contribution in [0.1, 0.15) is 35.7 Å². The van der Waals surface area contributed by atoms with Crippen LogP contribution in [0.25, 0.3) is 0 Å². The fraction of sp³-hybridized carbons (Fsp3) is 0.421. The molecule has 1 aliphatic rings. The Morgan fingerprint density at radius 2 is 2.00 bits per heavy atom. The molecular weight excluding hydrogens is 348 g/mol. The number of hydrogen-bond donors (Lipinski definition) is 2. The van der Waals surface area contributed by atoms with Gasteiger partial charge >= 0.3 is 0 Å². The van der Waals surface area contributed by atoms with Crippen LogP contribution >= 0.6 is 0 Å². The maximum absolute atomic E-state index is 12.5. The Kier molecular flexibility index (Phi) is 4.93. The van der Waals surface area contributed by atoms with Gasteiger partial charge in [-0.15, -0.1) is 0 Å². The van der Waals surface area contributed by atoms with Crippen molar-refractivity contribution in [2.24, 2.45) is 0 Å². The van der Waals surface area contributed by atoms with Gasteiger partial charge in [-0.05, 0) is 31.5 Å². The van der Waals surface area contributed by atoms with Gasteiger partial charge in [0, 0.05) is 26.3 Å². The molecule has 2 N–H and O–H groups in total. The Morgan fingerprint density at radius 3 is 2.63 bits per heavy atom. The van der Waals surface area contributed by atoms with E-state index in [4.69, 9.17) is 4.74 Å². The predicted molar refractivity (Wildman–Crippen MR) is 101 cm³/mol. The Morgan fingerprint density at radius 1 is 1.33 bits per heavy atom. The summed E-state index contributed by atoms with van der Waals surface area (Å²) in [4.78, 5) is 31.2. The summed E-state index contributed by atoms with van der Waals surface area (Å²) in [5.74, 6) is -0.917. The number of benzene rings is 1. The molecule has 1 aliphatic heterocycles. The number of nitrogens with zero attached hydrogens (tertiary/aromatic N) is 3. The van der Waals surface area contributed by atoms with Crippen LogP contribution in [0.3, 0.4) is 0 Å². The third kappa shape index (κ3) is 3.66. The average Bonchev–Trinajstić information content (AvgIpc) is 2.63. The van der Waals surface area contributed by atoms with Crippen LogP contribution in [0.5, 0.6) is 5.75 Å². The fourth-order valence-electron chi connectivity index (χ4n) is 3.00. The number of amides is 1. The van der Waals surface area contributed by atoms with Crippen LogP contribution in [0.4, 0.5) is 5.69 Å². The van der Waals surface area contributed by atoms with Gasteiger partial charge in [-0.3, -0.25) is 14.2 Å². The van der Waals surface area contributed by atoms with E-state index in [2.05, 4.69) is 10.3 Å². The summed E-state index contributed by atoms with van der Waals surface area (Å²) in [5, 5.41) is 12.9. The molecule has 1 aromatic carbocycles. The zero-order valence-electron chi connectivity index (χ0n) is 15.9. The quantitative estimate of drug-likeness (QED) is 0.837. The first-order chi connectivity index (χ1) is 12.7. The first-order valence-corrected chi connectivity index (χ1v) is 8.73. The fourth-order valence-corrected chi connectivity index (χ4v) is 3.00. The highest BCUT2D eigenvalue weighted by Crippen LogP contribution is 2.27. The average molecular weight is 372 g/mol. The molecule has 0 fully saturated rings. The SMILES string of the molecule is CN(C)c1ccc(CNC(=O)c2nc3n(c(=O)c2O)CCOC3(C)C)cc1. The van der Waals surface area contributed by atoms with Gasteiger partial charge in [-0.2, -0.15) is 0 Å². The second kappa shape index (κ2) is 7.03. The lowest BCUT2D eigenvalue weighted by Crippen LogP contribution is -2.42. The molecule has 0 unspecified atom stereocenters. The standard InChI is InChI=1S/C19H24N4O4/c1-19(2)18-21-14(15(24)17(26)23(18)9-10-27-19)16(25)20-11-12-5-7-13(8-6-12)22(3)4/h5-8,24H,9-11H2,1-4H3,(H,20,25). The number of aromatic nitrogens is 2. The van der Waals surface area contributed by atoms with Crippen molar-refractivity contribution in [3.8, 4) is 5.75 Å². The van der Waals surface area contributed by atoms with E-state index < -0.39 is 22.8 Å². The molecule has 2 heterocycles. The molecule has 2 aromatic rings. The van der Waals surface area contributed by atoms with Gasteiger partial charge in [-0.25, -0.2) is 4.98 Å². The molecule has 0 radical (unpaired) electrons. The van der Waals surface area contributed by atoms with Crippen LogP contribution in [0.2, 0.25) is 0 Å². The van der Waals surface area contributed by atoms with E-state index in [1.165, 1.54) is 4.57 Å². The highest BCUT2D eigenvalue weighted by Gasteiger charge is 2.34. The topological polar surface area (TPSA) is 96.7 Å². The third-order valence-electron chi connectivity index (χ3n) is 4.58. The van der Waals surface area contributed by atoms with Crippen molar-refractivity contribution in [1.82, 2.24) is 14.9 Å². The van der Waals surface area contributed by atoms with Gasteiger partial charge in [-0.1, -0.05) is 12.1 Å². The number of anilines is 1. The Bertz CT molecular complexity index is 917. The molecule has 3 rings (SSSR count). The Hall–Kier alpha value is -2.87. The van der Waals surface area contributed by atoms with Gasteiger partial charge in [0.15, 0.2) is 5.69 Å². The summed E-state index contributed by atoms with van der Waals surface area (Å²) in [7, 11) is 3.90. The number of fused-ring (bicyclic) bond motifs is 1. The maximum atomic E-state index is 12.5. The molecule has 0 saturated heterocycles. The smallest absolute Gasteiger partial charge is 0.296 e. The lowest BCUT2D eigenvalue weighted by Gasteiger charge is -2.32. The molecule has 0 aliphatic carbocycles. The highest BCUT2D eigenvalue weighted by atomic mass is 16.5. The van der Waals surface area contributed by atoms with Crippen LogP contribution < -0.4 is 15.8 Å². The van der Waals surface area contributed by atoms with Crippen molar-refractivity contribution in [3.05, 3.63) is 51.7 Å². The second-order valence-electron chi connectivity index (χ2n) is 7.19. The third-order valence-corrected chi connectivity index (χ3v) is 4.58. The van der Waals surface area contributed by atoms with Crippen molar-refractivity contribution in [2.75, 3.05) is 25.6 Å². The lowest BCUT2D eigenvalue weighted by molar-refractivity contribution is -0.0566. The number of nitrogens with one attached hydrogen (secondary N) is 1. The number of aromatic hydroxyl groups is 1. The predicted octanol–water partition coefficient (Wildman–Crippen LogP) is 1.21. The number of carbonyl (C=O) groups excluding carboxylic acids is 1. The first kappa shape index (κ1) is 18.9. The zero-order valence-corrected chi connectivity index (χ0v) is 15.9. The van der Waals surface area contributed by atoms with E-state index in [1.54, 1.807) is 13.8 Å². The molecule has 144 valence electrons. The monoisotopic (exact) mass is 372 g/mol. The van der Waals surface area contributed by atoms with Gasteiger partial charge in [0.1, 0.15) is 11.4 Å². The normalized spacial score (nSPS) is 15.1. The molecule has 0 spiro atoms. The van der Waals surface area contributed by atoms with Crippen LogP contribution in [0, 0.1) is 0 Å². The molecule has 8 heteroatoms. The van der Waals surface area contributed by atoms with Crippen molar-refractivity contribution >= 4 is 11.6 Å². The minimum atomic E-state index is -0.817. The van der Waals surface area contributed by atoms with Crippen molar-refractivity contribution in [3.63, 3.8) is 0 Å². The number of carbonyl (C=O) groups is 1. The van der Waals surface area contributed by atoms with Gasteiger partial charge in [0.25, 0.3) is 11.5 Å². The Labute approximate surface area is 157 Å². The van der Waals surface area contributed by atoms with E-state index in [0.29, 0.717) is 12.4 Å². The molecule has 27 heavy (non-hydrogen) atoms. The van der Waals surface area contributed by atoms with Crippen molar-refractivity contribution in [2.45, 2.75) is 32.5 Å². The summed E-state index contributed by atoms with van der Waals surface area (Å²) in [5.41, 5.74) is 0.218. The number of hydrogen-bond acceptors (Lipinski definition) is 6.